The summed E-state index contributed by atoms with van der Waals surface area (Å²) in [6.45, 7) is 2.18. The summed E-state index contributed by atoms with van der Waals surface area (Å²) in [5.74, 6) is 0. The molecule has 354 valence electrons. The molecule has 0 aliphatic carbocycles. The summed E-state index contributed by atoms with van der Waals surface area (Å²) in [4.78, 5) is 0. The molecule has 14 aromatic rings. The summed E-state index contributed by atoms with van der Waals surface area (Å²) in [6.07, 6.45) is 0. The van der Waals surface area contributed by atoms with Gasteiger partial charge in [0.1, 0.15) is 0 Å². The van der Waals surface area contributed by atoms with Crippen LogP contribution < -0.4 is 0 Å². The van der Waals surface area contributed by atoms with E-state index in [4.69, 9.17) is 0 Å². The van der Waals surface area contributed by atoms with Gasteiger partial charge in [0.25, 0.3) is 0 Å². The summed E-state index contributed by atoms with van der Waals surface area (Å²) in [7, 11) is 0. The van der Waals surface area contributed by atoms with Gasteiger partial charge in [-0.25, -0.2) is 0 Å². The molecule has 12 aromatic carbocycles. The maximum Gasteiger partial charge on any atom is 0.0541 e. The van der Waals surface area contributed by atoms with Crippen LogP contribution in [0.4, 0.5) is 0 Å². The van der Waals surface area contributed by atoms with Crippen LogP contribution in [-0.4, -0.2) is 9.13 Å². The molecule has 0 fully saturated rings. The SMILES string of the molecule is Cc1cc(-c2cccc(-c3ccccc3)c2)cc(-c2cccc(-c3ccccc3)c2)c1.c1cc(-c2ccc(-n3c4ccccc4c4ccccc43)cc2)cc(-c2ccc(-n3c4ccccc4c4ccccc43)cc2)c1. The van der Waals surface area contributed by atoms with E-state index < -0.39 is 0 Å². The first-order chi connectivity index (χ1) is 37.1. The van der Waals surface area contributed by atoms with Gasteiger partial charge >= 0.3 is 0 Å². The lowest BCUT2D eigenvalue weighted by molar-refractivity contribution is 1.18. The molecule has 0 aliphatic heterocycles. The molecule has 14 rings (SSSR count). The smallest absolute Gasteiger partial charge is 0.0541 e. The molecule has 2 aromatic heterocycles. The van der Waals surface area contributed by atoms with Crippen molar-refractivity contribution >= 4 is 43.6 Å². The predicted molar refractivity (Wildman–Crippen MR) is 319 cm³/mol. The van der Waals surface area contributed by atoms with E-state index >= 15 is 0 Å². The highest BCUT2D eigenvalue weighted by Gasteiger charge is 2.14. The number of para-hydroxylation sites is 4. The maximum absolute atomic E-state index is 2.36. The summed E-state index contributed by atoms with van der Waals surface area (Å²) in [5.41, 5.74) is 23.3. The number of benzene rings is 12. The Morgan fingerprint density at radius 1 is 0.187 bits per heavy atom. The Balaban J connectivity index is 0.000000154. The molecule has 0 N–H and O–H groups in total. The third-order valence-electron chi connectivity index (χ3n) is 14.6. The lowest BCUT2D eigenvalue weighted by Gasteiger charge is -2.11. The van der Waals surface area contributed by atoms with Gasteiger partial charge < -0.3 is 9.13 Å². The molecule has 0 unspecified atom stereocenters. The van der Waals surface area contributed by atoms with Crippen molar-refractivity contribution in [3.8, 4) is 78.1 Å². The van der Waals surface area contributed by atoms with Crippen LogP contribution in [0.25, 0.3) is 122 Å². The zero-order valence-corrected chi connectivity index (χ0v) is 41.7. The van der Waals surface area contributed by atoms with Crippen LogP contribution in [0.15, 0.2) is 297 Å². The van der Waals surface area contributed by atoms with E-state index in [1.807, 2.05) is 0 Å². The van der Waals surface area contributed by atoms with Crippen LogP contribution in [-0.2, 0) is 0 Å². The number of hydrogen-bond donors (Lipinski definition) is 0. The van der Waals surface area contributed by atoms with E-state index in [1.54, 1.807) is 0 Å². The number of nitrogens with zero attached hydrogens (tertiary/aromatic N) is 2. The van der Waals surface area contributed by atoms with E-state index in [0.717, 1.165) is 0 Å². The van der Waals surface area contributed by atoms with Crippen LogP contribution in [0, 0.1) is 6.92 Å². The molecule has 0 spiro atoms. The standard InChI is InChI=1S/C42H28N2.C31H24/c1-5-16-39-35(12-1)36-13-2-6-17-40(36)43(39)33-24-20-29(21-25-33)31-10-9-11-32(28-31)30-22-26-34(27-23-30)44-41-18-7-3-14-37(41)38-15-4-8-19-42(38)44;1-23-18-30(28-16-8-14-26(20-28)24-10-4-2-5-11-24)22-31(19-23)29-17-9-15-27(21-29)25-12-6-3-7-13-25/h1-28H;2-22H,1H3. The van der Waals surface area contributed by atoms with Gasteiger partial charge in [0, 0.05) is 32.9 Å². The van der Waals surface area contributed by atoms with Crippen LogP contribution in [0.5, 0.6) is 0 Å². The van der Waals surface area contributed by atoms with Gasteiger partial charge in [-0.15, -0.1) is 0 Å². The number of hydrogen-bond acceptors (Lipinski definition) is 0. The van der Waals surface area contributed by atoms with Gasteiger partial charge in [-0.05, 0) is 152 Å². The van der Waals surface area contributed by atoms with Crippen molar-refractivity contribution in [3.05, 3.63) is 303 Å². The first-order valence-corrected chi connectivity index (χ1v) is 25.8. The topological polar surface area (TPSA) is 9.86 Å². The molecule has 2 nitrogen and oxygen atoms in total. The van der Waals surface area contributed by atoms with Crippen molar-refractivity contribution < 1.29 is 0 Å². The first kappa shape index (κ1) is 45.1. The summed E-state index contributed by atoms with van der Waals surface area (Å²) < 4.78 is 4.73. The Kier molecular flexibility index (Phi) is 11.8. The highest BCUT2D eigenvalue weighted by Crippen LogP contribution is 2.37. The summed E-state index contributed by atoms with van der Waals surface area (Å²) in [6, 6.07) is 107. The van der Waals surface area contributed by atoms with Crippen molar-refractivity contribution in [3.63, 3.8) is 0 Å². The highest BCUT2D eigenvalue weighted by molar-refractivity contribution is 6.10. The molecule has 75 heavy (non-hydrogen) atoms. The molecule has 0 amide bonds. The summed E-state index contributed by atoms with van der Waals surface area (Å²) >= 11 is 0. The normalized spacial score (nSPS) is 11.3. The molecular formula is C73H52N2. The second-order valence-electron chi connectivity index (χ2n) is 19.4. The minimum atomic E-state index is 1.17. The van der Waals surface area contributed by atoms with E-state index in [1.165, 1.54) is 127 Å². The largest absolute Gasteiger partial charge is 0.309 e. The molecule has 0 atom stereocenters. The van der Waals surface area contributed by atoms with E-state index in [2.05, 4.69) is 313 Å². The average Bonchev–Trinajstić information content (AvgIpc) is 4.04. The zero-order chi connectivity index (χ0) is 50.1. The van der Waals surface area contributed by atoms with Gasteiger partial charge in [-0.2, -0.15) is 0 Å². The minimum absolute atomic E-state index is 1.17. The van der Waals surface area contributed by atoms with Gasteiger partial charge in [0.2, 0.25) is 0 Å². The Morgan fingerprint density at radius 2 is 0.427 bits per heavy atom. The Bertz CT molecular complexity index is 3950. The van der Waals surface area contributed by atoms with Gasteiger partial charge in [-0.3, -0.25) is 0 Å². The molecule has 2 heteroatoms. The lowest BCUT2D eigenvalue weighted by Crippen LogP contribution is -1.94. The van der Waals surface area contributed by atoms with Gasteiger partial charge in [0.05, 0.1) is 22.1 Å². The van der Waals surface area contributed by atoms with Crippen LogP contribution >= 0.6 is 0 Å². The molecule has 2 heterocycles. The number of fused-ring (bicyclic) bond motifs is 6. The fraction of sp³-hybridized carbons (Fsp3) is 0.0137. The second kappa shape index (κ2) is 19.7. The summed E-state index contributed by atoms with van der Waals surface area (Å²) in [5, 5.41) is 5.13. The van der Waals surface area contributed by atoms with Crippen molar-refractivity contribution in [2.45, 2.75) is 6.92 Å². The average molecular weight is 957 g/mol. The Hall–Kier alpha value is -9.76. The zero-order valence-electron chi connectivity index (χ0n) is 41.7. The van der Waals surface area contributed by atoms with Gasteiger partial charge in [-0.1, -0.05) is 224 Å². The van der Waals surface area contributed by atoms with Crippen LogP contribution in [0.1, 0.15) is 5.56 Å². The predicted octanol–water partition coefficient (Wildman–Crippen LogP) is 19.9. The van der Waals surface area contributed by atoms with Crippen LogP contribution in [0.2, 0.25) is 0 Å². The molecule has 0 saturated heterocycles. The monoisotopic (exact) mass is 956 g/mol. The number of aromatic nitrogens is 2. The van der Waals surface area contributed by atoms with Crippen molar-refractivity contribution in [2.24, 2.45) is 0 Å². The Labute approximate surface area is 438 Å². The molecule has 0 radical (unpaired) electrons. The van der Waals surface area contributed by atoms with Gasteiger partial charge in [0.15, 0.2) is 0 Å². The van der Waals surface area contributed by atoms with Crippen LogP contribution in [0.3, 0.4) is 0 Å². The van der Waals surface area contributed by atoms with E-state index in [-0.39, 0.29) is 0 Å². The number of rotatable bonds is 8. The minimum Gasteiger partial charge on any atom is -0.309 e. The molecule has 0 aliphatic rings. The van der Waals surface area contributed by atoms with Crippen molar-refractivity contribution in [2.75, 3.05) is 0 Å². The third kappa shape index (κ3) is 8.79. The lowest BCUT2D eigenvalue weighted by atomic mass is 9.93. The fourth-order valence-electron chi connectivity index (χ4n) is 11.0. The maximum atomic E-state index is 2.36. The third-order valence-corrected chi connectivity index (χ3v) is 14.6. The Morgan fingerprint density at radius 3 is 0.747 bits per heavy atom. The van der Waals surface area contributed by atoms with Crippen molar-refractivity contribution in [1.82, 2.24) is 9.13 Å². The highest BCUT2D eigenvalue weighted by atomic mass is 15.0. The second-order valence-corrected chi connectivity index (χ2v) is 19.4. The molecular weight excluding hydrogens is 905 g/mol. The quantitative estimate of drug-likeness (QED) is 0.144. The fourth-order valence-corrected chi connectivity index (χ4v) is 11.0. The molecule has 0 saturated carbocycles. The van der Waals surface area contributed by atoms with E-state index in [9.17, 15) is 0 Å². The number of aryl methyl sites for hydroxylation is 1. The first-order valence-electron chi connectivity index (χ1n) is 25.8. The van der Waals surface area contributed by atoms with Crippen molar-refractivity contribution in [1.29, 1.82) is 0 Å². The molecule has 0 bridgehead atoms. The van der Waals surface area contributed by atoms with E-state index in [0.29, 0.717) is 0 Å².